The van der Waals surface area contributed by atoms with Gasteiger partial charge in [-0.3, -0.25) is 9.59 Å². The molecule has 0 spiro atoms. The zero-order valence-electron chi connectivity index (χ0n) is 23.8. The summed E-state index contributed by atoms with van der Waals surface area (Å²) >= 11 is 0. The van der Waals surface area contributed by atoms with E-state index >= 15 is 0 Å². The van der Waals surface area contributed by atoms with Gasteiger partial charge < -0.3 is 15.0 Å². The first-order valence-electron chi connectivity index (χ1n) is 12.8. The number of anilines is 1. The van der Waals surface area contributed by atoms with Crippen molar-refractivity contribution in [1.29, 1.82) is 0 Å². The molecule has 2 rings (SSSR count). The molecule has 1 unspecified atom stereocenters. The number of nitrogens with zero attached hydrogens (tertiary/aromatic N) is 3. The van der Waals surface area contributed by atoms with Crippen LogP contribution in [0.1, 0.15) is 43.9 Å². The van der Waals surface area contributed by atoms with Crippen LogP contribution in [-0.4, -0.2) is 69.8 Å². The van der Waals surface area contributed by atoms with E-state index in [2.05, 4.69) is 5.32 Å². The number of nitrogens with one attached hydrogen (secondary N) is 1. The number of hydrogen-bond donors (Lipinski definition) is 1. The monoisotopic (exact) mass is 546 g/mol. The fourth-order valence-corrected chi connectivity index (χ4v) is 5.11. The molecule has 0 bridgehead atoms. The van der Waals surface area contributed by atoms with E-state index in [9.17, 15) is 18.0 Å². The highest BCUT2D eigenvalue weighted by Gasteiger charge is 2.34. The lowest BCUT2D eigenvalue weighted by Crippen LogP contribution is -2.53. The summed E-state index contributed by atoms with van der Waals surface area (Å²) in [5.41, 5.74) is 2.77. The molecule has 2 amide bonds. The molecule has 1 atom stereocenters. The molecule has 0 radical (unpaired) electrons. The number of amides is 2. The van der Waals surface area contributed by atoms with Crippen LogP contribution in [0.3, 0.4) is 0 Å². The average molecular weight is 547 g/mol. The lowest BCUT2D eigenvalue weighted by atomic mass is 10.1. The summed E-state index contributed by atoms with van der Waals surface area (Å²) in [5, 5.41) is 2.93. The minimum absolute atomic E-state index is 0.117. The third-order valence-electron chi connectivity index (χ3n) is 6.21. The van der Waals surface area contributed by atoms with Crippen molar-refractivity contribution >= 4 is 27.7 Å². The van der Waals surface area contributed by atoms with Crippen molar-refractivity contribution in [1.82, 2.24) is 14.5 Å². The summed E-state index contributed by atoms with van der Waals surface area (Å²) in [6.45, 7) is 9.63. The molecule has 2 aromatic carbocycles. The Hall–Kier alpha value is -3.11. The standard InChI is InChI=1S/C28H42N4O5S/c1-9-25(28(34)29-17-20(2)3)31(18-23-11-10-12-24(16-23)37-8)27(33)19-32(38(35,36)30(6)7)26-15-21(4)13-14-22(26)5/h10-16,20,25H,9,17-19H2,1-8H3,(H,29,34). The van der Waals surface area contributed by atoms with Gasteiger partial charge in [-0.05, 0) is 61.1 Å². The van der Waals surface area contributed by atoms with Crippen LogP contribution in [0.5, 0.6) is 5.75 Å². The Bertz CT molecular complexity index is 1210. The van der Waals surface area contributed by atoms with Crippen molar-refractivity contribution in [2.45, 2.75) is 53.6 Å². The number of carbonyl (C=O) groups is 2. The summed E-state index contributed by atoms with van der Waals surface area (Å²) in [6.07, 6.45) is 0.365. The molecule has 10 heteroatoms. The van der Waals surface area contributed by atoms with E-state index < -0.39 is 28.7 Å². The quantitative estimate of drug-likeness (QED) is 0.415. The van der Waals surface area contributed by atoms with Gasteiger partial charge in [0.2, 0.25) is 11.8 Å². The maximum absolute atomic E-state index is 14.0. The Morgan fingerprint density at radius 2 is 1.74 bits per heavy atom. The molecule has 0 fully saturated rings. The molecule has 0 saturated heterocycles. The van der Waals surface area contributed by atoms with E-state index in [0.29, 0.717) is 24.4 Å². The Kier molecular flexibility index (Phi) is 11.1. The highest BCUT2D eigenvalue weighted by Crippen LogP contribution is 2.26. The molecular weight excluding hydrogens is 504 g/mol. The van der Waals surface area contributed by atoms with Gasteiger partial charge >= 0.3 is 10.2 Å². The number of ether oxygens (including phenoxy) is 1. The molecule has 0 aliphatic carbocycles. The van der Waals surface area contributed by atoms with E-state index in [4.69, 9.17) is 4.74 Å². The molecule has 210 valence electrons. The highest BCUT2D eigenvalue weighted by atomic mass is 32.2. The predicted molar refractivity (Wildman–Crippen MR) is 151 cm³/mol. The Morgan fingerprint density at radius 3 is 2.32 bits per heavy atom. The molecule has 0 aliphatic rings. The van der Waals surface area contributed by atoms with E-state index in [-0.39, 0.29) is 18.4 Å². The van der Waals surface area contributed by atoms with Crippen LogP contribution >= 0.6 is 0 Å². The van der Waals surface area contributed by atoms with Crippen LogP contribution in [0.15, 0.2) is 42.5 Å². The predicted octanol–water partition coefficient (Wildman–Crippen LogP) is 3.50. The first-order valence-corrected chi connectivity index (χ1v) is 14.2. The minimum atomic E-state index is -4.02. The van der Waals surface area contributed by atoms with Crippen molar-refractivity contribution in [3.63, 3.8) is 0 Å². The molecule has 2 aromatic rings. The lowest BCUT2D eigenvalue weighted by Gasteiger charge is -2.34. The van der Waals surface area contributed by atoms with Crippen molar-refractivity contribution in [3.8, 4) is 5.75 Å². The largest absolute Gasteiger partial charge is 0.497 e. The third-order valence-corrected chi connectivity index (χ3v) is 8.02. The maximum atomic E-state index is 14.0. The highest BCUT2D eigenvalue weighted by molar-refractivity contribution is 7.90. The summed E-state index contributed by atoms with van der Waals surface area (Å²) in [6, 6.07) is 12.0. The van der Waals surface area contributed by atoms with Gasteiger partial charge in [0.25, 0.3) is 0 Å². The van der Waals surface area contributed by atoms with Crippen molar-refractivity contribution in [2.75, 3.05) is 38.6 Å². The number of rotatable bonds is 13. The fraction of sp³-hybridized carbons (Fsp3) is 0.500. The molecular formula is C28H42N4O5S. The van der Waals surface area contributed by atoms with Crippen molar-refractivity contribution in [3.05, 3.63) is 59.2 Å². The summed E-state index contributed by atoms with van der Waals surface area (Å²) in [7, 11) is 0.402. The second-order valence-electron chi connectivity index (χ2n) is 10.0. The normalized spacial score (nSPS) is 12.4. The van der Waals surface area contributed by atoms with Gasteiger partial charge in [0, 0.05) is 27.2 Å². The van der Waals surface area contributed by atoms with Gasteiger partial charge in [-0.2, -0.15) is 12.7 Å². The molecule has 1 N–H and O–H groups in total. The van der Waals surface area contributed by atoms with Crippen molar-refractivity contribution in [2.24, 2.45) is 5.92 Å². The van der Waals surface area contributed by atoms with E-state index in [1.807, 2.05) is 52.0 Å². The van der Waals surface area contributed by atoms with E-state index in [1.54, 1.807) is 32.2 Å². The van der Waals surface area contributed by atoms with Crippen LogP contribution in [0.2, 0.25) is 0 Å². The van der Waals surface area contributed by atoms with Crippen LogP contribution < -0.4 is 14.4 Å². The smallest absolute Gasteiger partial charge is 0.304 e. The van der Waals surface area contributed by atoms with Gasteiger partial charge in [-0.25, -0.2) is 4.31 Å². The number of carbonyl (C=O) groups excluding carboxylic acids is 2. The zero-order valence-corrected chi connectivity index (χ0v) is 24.6. The summed E-state index contributed by atoms with van der Waals surface area (Å²) in [5.74, 6) is 0.111. The topological polar surface area (TPSA) is 99.3 Å². The molecule has 0 saturated carbocycles. The number of benzene rings is 2. The first-order chi connectivity index (χ1) is 17.8. The van der Waals surface area contributed by atoms with Crippen LogP contribution in [0.25, 0.3) is 0 Å². The Labute approximate surface area is 227 Å². The Balaban J connectivity index is 2.55. The van der Waals surface area contributed by atoms with Gasteiger partial charge in [0.1, 0.15) is 18.3 Å². The van der Waals surface area contributed by atoms with Gasteiger partial charge in [-0.1, -0.05) is 45.0 Å². The second kappa shape index (κ2) is 13.6. The molecule has 0 heterocycles. The first kappa shape index (κ1) is 31.1. The third kappa shape index (κ3) is 7.94. The number of hydrogen-bond acceptors (Lipinski definition) is 5. The van der Waals surface area contributed by atoms with Gasteiger partial charge in [-0.15, -0.1) is 0 Å². The fourth-order valence-electron chi connectivity index (χ4n) is 4.00. The van der Waals surface area contributed by atoms with Crippen LogP contribution in [0.4, 0.5) is 5.69 Å². The van der Waals surface area contributed by atoms with Gasteiger partial charge in [0.15, 0.2) is 0 Å². The van der Waals surface area contributed by atoms with E-state index in [0.717, 1.165) is 25.3 Å². The zero-order chi connectivity index (χ0) is 28.6. The minimum Gasteiger partial charge on any atom is -0.497 e. The number of methoxy groups -OCH3 is 1. The van der Waals surface area contributed by atoms with Crippen LogP contribution in [-0.2, 0) is 26.3 Å². The summed E-state index contributed by atoms with van der Waals surface area (Å²) in [4.78, 5) is 28.7. The van der Waals surface area contributed by atoms with Crippen LogP contribution in [0, 0.1) is 19.8 Å². The van der Waals surface area contributed by atoms with Gasteiger partial charge in [0.05, 0.1) is 12.8 Å². The van der Waals surface area contributed by atoms with Crippen molar-refractivity contribution < 1.29 is 22.7 Å². The molecule has 38 heavy (non-hydrogen) atoms. The Morgan fingerprint density at radius 1 is 1.05 bits per heavy atom. The molecule has 0 aromatic heterocycles. The lowest BCUT2D eigenvalue weighted by molar-refractivity contribution is -0.140. The maximum Gasteiger partial charge on any atom is 0.304 e. The SMILES string of the molecule is CCC(C(=O)NCC(C)C)N(Cc1cccc(OC)c1)C(=O)CN(c1cc(C)ccc1C)S(=O)(=O)N(C)C. The number of aryl methyl sites for hydroxylation is 2. The summed E-state index contributed by atoms with van der Waals surface area (Å²) < 4.78 is 34.4. The molecule has 9 nitrogen and oxygen atoms in total. The molecule has 0 aliphatic heterocycles. The second-order valence-corrected chi connectivity index (χ2v) is 12.1. The average Bonchev–Trinajstić information content (AvgIpc) is 2.87. The van der Waals surface area contributed by atoms with E-state index in [1.165, 1.54) is 19.0 Å².